The van der Waals surface area contributed by atoms with E-state index in [4.69, 9.17) is 0 Å². The van der Waals surface area contributed by atoms with E-state index < -0.39 is 16.7 Å². The molecule has 0 atom stereocenters. The molecule has 4 heterocycles. The summed E-state index contributed by atoms with van der Waals surface area (Å²) < 4.78 is 3.63. The Balaban J connectivity index is 1.58. The zero-order valence-electron chi connectivity index (χ0n) is 19.2. The number of nitrogens with zero attached hydrogens (tertiary/aromatic N) is 5. The van der Waals surface area contributed by atoms with Crippen molar-refractivity contribution in [3.63, 3.8) is 0 Å². The fourth-order valence-electron chi connectivity index (χ4n) is 4.87. The molecule has 1 aliphatic heterocycles. The summed E-state index contributed by atoms with van der Waals surface area (Å²) in [4.78, 5) is 45.1. The molecule has 6 rings (SSSR count). The number of imide groups is 1. The zero-order valence-corrected chi connectivity index (χ0v) is 19.2. The Bertz CT molecular complexity index is 1800. The summed E-state index contributed by atoms with van der Waals surface area (Å²) in [5.41, 5.74) is 4.87. The predicted octanol–water partition coefficient (Wildman–Crippen LogP) is 3.60. The molecule has 1 N–H and O–H groups in total. The van der Waals surface area contributed by atoms with Crippen molar-refractivity contribution in [2.75, 3.05) is 0 Å². The molecule has 10 nitrogen and oxygen atoms in total. The third-order valence-electron chi connectivity index (χ3n) is 6.54. The lowest BCUT2D eigenvalue weighted by Crippen LogP contribution is -2.22. The highest BCUT2D eigenvalue weighted by molar-refractivity contribution is 6.50. The van der Waals surface area contributed by atoms with Crippen LogP contribution in [0.25, 0.3) is 44.1 Å². The fraction of sp³-hybridized carbons (Fsp3) is 0.0769. The van der Waals surface area contributed by atoms with Crippen LogP contribution in [0, 0.1) is 10.1 Å². The summed E-state index contributed by atoms with van der Waals surface area (Å²) in [5.74, 6) is -0.988. The van der Waals surface area contributed by atoms with Crippen molar-refractivity contribution in [2.24, 2.45) is 14.1 Å². The lowest BCUT2D eigenvalue weighted by atomic mass is 9.95. The lowest BCUT2D eigenvalue weighted by Gasteiger charge is -2.04. The Morgan fingerprint density at radius 1 is 0.806 bits per heavy atom. The molecule has 0 saturated carbocycles. The van der Waals surface area contributed by atoms with Crippen LogP contribution in [0.15, 0.2) is 67.5 Å². The maximum absolute atomic E-state index is 13.1. The molecule has 0 fully saturated rings. The predicted molar refractivity (Wildman–Crippen MR) is 133 cm³/mol. The van der Waals surface area contributed by atoms with Gasteiger partial charge in [0.15, 0.2) is 0 Å². The number of nitro groups is 1. The number of non-ortho nitro benzene ring substituents is 1. The van der Waals surface area contributed by atoms with Crippen molar-refractivity contribution >= 4 is 50.5 Å². The van der Waals surface area contributed by atoms with E-state index in [0.717, 1.165) is 22.0 Å². The summed E-state index contributed by atoms with van der Waals surface area (Å²) in [6.45, 7) is 0. The molecule has 0 spiro atoms. The molecule has 5 aromatic rings. The first kappa shape index (κ1) is 21.4. The molecule has 0 unspecified atom stereocenters. The second kappa shape index (κ2) is 7.70. The van der Waals surface area contributed by atoms with Gasteiger partial charge in [-0.05, 0) is 17.7 Å². The van der Waals surface area contributed by atoms with Crippen LogP contribution < -0.4 is 5.32 Å². The average molecular weight is 478 g/mol. The van der Waals surface area contributed by atoms with Gasteiger partial charge in [-0.1, -0.05) is 12.1 Å². The van der Waals surface area contributed by atoms with Gasteiger partial charge in [0.1, 0.15) is 6.33 Å². The van der Waals surface area contributed by atoms with Crippen LogP contribution in [0.1, 0.15) is 11.1 Å². The number of benzene rings is 2. The number of aryl methyl sites for hydroxylation is 2. The van der Waals surface area contributed by atoms with Gasteiger partial charge >= 0.3 is 0 Å². The number of hydrogen-bond donors (Lipinski definition) is 1. The molecule has 2 amide bonds. The maximum atomic E-state index is 13.1. The van der Waals surface area contributed by atoms with Gasteiger partial charge < -0.3 is 9.13 Å². The van der Waals surface area contributed by atoms with Gasteiger partial charge in [0.05, 0.1) is 21.6 Å². The third-order valence-corrected chi connectivity index (χ3v) is 6.54. The van der Waals surface area contributed by atoms with E-state index in [1.54, 1.807) is 36.3 Å². The van der Waals surface area contributed by atoms with E-state index in [2.05, 4.69) is 15.3 Å². The van der Waals surface area contributed by atoms with Crippen LogP contribution in [0.5, 0.6) is 0 Å². The number of nitro benzene ring substituents is 1. The van der Waals surface area contributed by atoms with E-state index in [-0.39, 0.29) is 16.8 Å². The molecule has 36 heavy (non-hydrogen) atoms. The maximum Gasteiger partial charge on any atom is 0.271 e. The first-order chi connectivity index (χ1) is 17.3. The second-order valence-electron chi connectivity index (χ2n) is 8.66. The van der Waals surface area contributed by atoms with Crippen LogP contribution in [0.2, 0.25) is 0 Å². The average Bonchev–Trinajstić information content (AvgIpc) is 3.48. The number of aromatic nitrogens is 4. The number of fused-ring (bicyclic) bond motifs is 2. The van der Waals surface area contributed by atoms with Gasteiger partial charge in [-0.2, -0.15) is 0 Å². The van der Waals surface area contributed by atoms with E-state index in [1.165, 1.54) is 18.5 Å². The normalized spacial score (nSPS) is 13.7. The molecule has 0 saturated heterocycles. The van der Waals surface area contributed by atoms with Gasteiger partial charge in [0.25, 0.3) is 17.5 Å². The summed E-state index contributed by atoms with van der Waals surface area (Å²) in [6, 6.07) is 10.3. The molecule has 0 aliphatic carbocycles. The highest BCUT2D eigenvalue weighted by Crippen LogP contribution is 2.39. The summed E-state index contributed by atoms with van der Waals surface area (Å²) in [5, 5.41) is 15.2. The van der Waals surface area contributed by atoms with E-state index in [9.17, 15) is 19.7 Å². The van der Waals surface area contributed by atoms with E-state index in [1.807, 2.05) is 36.0 Å². The van der Waals surface area contributed by atoms with Gasteiger partial charge in [0.2, 0.25) is 0 Å². The molecular formula is C26H18N6O4. The van der Waals surface area contributed by atoms with Gasteiger partial charge in [-0.3, -0.25) is 25.0 Å². The van der Waals surface area contributed by atoms with Crippen molar-refractivity contribution in [1.82, 2.24) is 24.4 Å². The quantitative estimate of drug-likeness (QED) is 0.239. The minimum Gasteiger partial charge on any atom is -0.350 e. The number of hydrogen-bond acceptors (Lipinski definition) is 6. The van der Waals surface area contributed by atoms with E-state index >= 15 is 0 Å². The Morgan fingerprint density at radius 3 is 1.94 bits per heavy atom. The van der Waals surface area contributed by atoms with Crippen molar-refractivity contribution in [1.29, 1.82) is 0 Å². The van der Waals surface area contributed by atoms with Crippen LogP contribution in [-0.4, -0.2) is 35.8 Å². The number of carbonyl (C=O) groups is 2. The summed E-state index contributed by atoms with van der Waals surface area (Å²) >= 11 is 0. The standard InChI is InChI=1S/C26H18N6O4/c1-30-11-19(17-5-3-14(7-21(17)30)15-9-27-13-28-10-15)23-24(26(34)29-25(23)33)20-12-31(2)22-8-16(32(35)36)4-6-18(20)22/h3-13H,1-2H3,(H,29,33,34). The van der Waals surface area contributed by atoms with Crippen molar-refractivity contribution in [2.45, 2.75) is 0 Å². The van der Waals surface area contributed by atoms with Crippen LogP contribution in [0.4, 0.5) is 5.69 Å². The highest BCUT2D eigenvalue weighted by Gasteiger charge is 2.35. The molecule has 10 heteroatoms. The smallest absolute Gasteiger partial charge is 0.271 e. The minimum absolute atomic E-state index is 0.0509. The number of nitrogens with one attached hydrogen (secondary N) is 1. The fourth-order valence-corrected chi connectivity index (χ4v) is 4.87. The zero-order chi connectivity index (χ0) is 25.1. The Morgan fingerprint density at radius 2 is 1.36 bits per heavy atom. The largest absolute Gasteiger partial charge is 0.350 e. The topological polar surface area (TPSA) is 125 Å². The van der Waals surface area contributed by atoms with Gasteiger partial charge in [-0.15, -0.1) is 0 Å². The van der Waals surface area contributed by atoms with Crippen molar-refractivity contribution < 1.29 is 14.5 Å². The van der Waals surface area contributed by atoms with E-state index in [0.29, 0.717) is 22.0 Å². The van der Waals surface area contributed by atoms with Crippen LogP contribution in [0.3, 0.4) is 0 Å². The SMILES string of the molecule is Cn1cc(C2=C(c3cn(C)c4cc([N+](=O)[O-])ccc34)C(=O)NC2=O)c2ccc(-c3cncnc3)cc21. The molecular weight excluding hydrogens is 460 g/mol. The number of rotatable bonds is 4. The van der Waals surface area contributed by atoms with Gasteiger partial charge in [-0.25, -0.2) is 9.97 Å². The lowest BCUT2D eigenvalue weighted by molar-refractivity contribution is -0.384. The van der Waals surface area contributed by atoms with Crippen molar-refractivity contribution in [3.05, 3.63) is 88.8 Å². The first-order valence-electron chi connectivity index (χ1n) is 11.0. The summed E-state index contributed by atoms with van der Waals surface area (Å²) in [7, 11) is 3.63. The van der Waals surface area contributed by atoms with Crippen LogP contribution >= 0.6 is 0 Å². The first-order valence-corrected chi connectivity index (χ1v) is 11.0. The minimum atomic E-state index is -0.504. The highest BCUT2D eigenvalue weighted by atomic mass is 16.6. The third kappa shape index (κ3) is 3.12. The number of carbonyl (C=O) groups excluding carboxylic acids is 2. The number of amides is 2. The molecule has 176 valence electrons. The molecule has 3 aromatic heterocycles. The van der Waals surface area contributed by atoms with Crippen molar-refractivity contribution in [3.8, 4) is 11.1 Å². The van der Waals surface area contributed by atoms with Gasteiger partial charge in [0, 0.05) is 84.0 Å². The molecule has 0 bridgehead atoms. The monoisotopic (exact) mass is 478 g/mol. The molecule has 0 radical (unpaired) electrons. The van der Waals surface area contributed by atoms with Crippen LogP contribution in [-0.2, 0) is 23.7 Å². The molecule has 2 aromatic carbocycles. The molecule has 1 aliphatic rings. The summed E-state index contributed by atoms with van der Waals surface area (Å²) in [6.07, 6.45) is 8.48. The second-order valence-corrected chi connectivity index (χ2v) is 8.66. The Labute approximate surface area is 203 Å². The Hall–Kier alpha value is -5.12. The Kier molecular flexibility index (Phi) is 4.58.